The van der Waals surface area contributed by atoms with Crippen LogP contribution in [0.3, 0.4) is 0 Å². The van der Waals surface area contributed by atoms with E-state index in [0.717, 1.165) is 12.3 Å². The first-order chi connectivity index (χ1) is 10.9. The Labute approximate surface area is 130 Å². The summed E-state index contributed by atoms with van der Waals surface area (Å²) in [6, 6.07) is 21.3. The highest BCUT2D eigenvalue weighted by atomic mass is 16.5. The Balaban J connectivity index is 1.80. The third-order valence-corrected chi connectivity index (χ3v) is 4.27. The molecule has 0 amide bonds. The fourth-order valence-electron chi connectivity index (χ4n) is 3.15. The summed E-state index contributed by atoms with van der Waals surface area (Å²) in [7, 11) is 1.70. The molecule has 3 aromatic rings. The largest absolute Gasteiger partial charge is 0.497 e. The lowest BCUT2D eigenvalue weighted by Gasteiger charge is -2.18. The fourth-order valence-corrected chi connectivity index (χ4v) is 3.15. The summed E-state index contributed by atoms with van der Waals surface area (Å²) in [4.78, 5) is 0. The van der Waals surface area contributed by atoms with Crippen LogP contribution in [-0.4, -0.2) is 11.7 Å². The summed E-state index contributed by atoms with van der Waals surface area (Å²) in [5.41, 5.74) is 5.07. The Morgan fingerprint density at radius 2 is 1.82 bits per heavy atom. The molecule has 1 aliphatic heterocycles. The lowest BCUT2D eigenvalue weighted by molar-refractivity contribution is 0.414. The maximum atomic E-state index is 5.26. The van der Waals surface area contributed by atoms with Crippen LogP contribution in [0.1, 0.15) is 22.9 Å². The third kappa shape index (κ3) is 2.11. The van der Waals surface area contributed by atoms with Crippen molar-refractivity contribution >= 4 is 0 Å². The zero-order chi connectivity index (χ0) is 14.9. The van der Waals surface area contributed by atoms with Crippen molar-refractivity contribution in [2.24, 2.45) is 0 Å². The Morgan fingerprint density at radius 1 is 1.00 bits per heavy atom. The fraction of sp³-hybridized carbons (Fsp3) is 0.158. The van der Waals surface area contributed by atoms with Gasteiger partial charge in [-0.15, -0.1) is 0 Å². The molecule has 3 heteroatoms. The van der Waals surface area contributed by atoms with Gasteiger partial charge in [-0.2, -0.15) is 0 Å². The SMILES string of the molecule is COc1ccc([C@@H]2NCc3ccccc3-n3cccc32)cc1. The van der Waals surface area contributed by atoms with E-state index in [1.54, 1.807) is 7.11 Å². The van der Waals surface area contributed by atoms with Crippen LogP contribution in [0, 0.1) is 0 Å². The molecule has 0 saturated carbocycles. The van der Waals surface area contributed by atoms with Crippen molar-refractivity contribution in [3.05, 3.63) is 83.7 Å². The number of rotatable bonds is 2. The first-order valence-corrected chi connectivity index (χ1v) is 7.49. The summed E-state index contributed by atoms with van der Waals surface area (Å²) in [6.45, 7) is 0.856. The molecule has 0 spiro atoms. The molecule has 0 fully saturated rings. The van der Waals surface area contributed by atoms with Crippen LogP contribution >= 0.6 is 0 Å². The van der Waals surface area contributed by atoms with Gasteiger partial charge in [-0.3, -0.25) is 0 Å². The predicted molar refractivity (Wildman–Crippen MR) is 87.4 cm³/mol. The molecule has 4 rings (SSSR count). The number of hydrogen-bond acceptors (Lipinski definition) is 2. The summed E-state index contributed by atoms with van der Waals surface area (Å²) in [5, 5.41) is 3.67. The molecule has 2 aromatic carbocycles. The molecule has 1 atom stereocenters. The minimum absolute atomic E-state index is 0.174. The maximum absolute atomic E-state index is 5.26. The Hall–Kier alpha value is -2.52. The summed E-state index contributed by atoms with van der Waals surface area (Å²) in [6.07, 6.45) is 2.14. The molecule has 0 bridgehead atoms. The highest BCUT2D eigenvalue weighted by Gasteiger charge is 2.22. The van der Waals surface area contributed by atoms with Crippen LogP contribution in [0.25, 0.3) is 5.69 Å². The molecular weight excluding hydrogens is 272 g/mol. The highest BCUT2D eigenvalue weighted by molar-refractivity contribution is 5.47. The van der Waals surface area contributed by atoms with Crippen LogP contribution in [0.2, 0.25) is 0 Å². The van der Waals surface area contributed by atoms with E-state index >= 15 is 0 Å². The van der Waals surface area contributed by atoms with Crippen LogP contribution in [-0.2, 0) is 6.54 Å². The number of hydrogen-bond donors (Lipinski definition) is 1. The van der Waals surface area contributed by atoms with Crippen LogP contribution in [0.4, 0.5) is 0 Å². The maximum Gasteiger partial charge on any atom is 0.118 e. The zero-order valence-corrected chi connectivity index (χ0v) is 12.5. The molecule has 0 unspecified atom stereocenters. The second kappa shape index (κ2) is 5.35. The number of methoxy groups -OCH3 is 1. The Kier molecular flexibility index (Phi) is 3.20. The van der Waals surface area contributed by atoms with Crippen molar-refractivity contribution in [3.8, 4) is 11.4 Å². The molecular formula is C19H18N2O. The second-order valence-corrected chi connectivity index (χ2v) is 5.52. The van der Waals surface area contributed by atoms with Gasteiger partial charge in [0.25, 0.3) is 0 Å². The number of aromatic nitrogens is 1. The monoisotopic (exact) mass is 290 g/mol. The van der Waals surface area contributed by atoms with Crippen LogP contribution < -0.4 is 10.1 Å². The van der Waals surface area contributed by atoms with Gasteiger partial charge in [-0.05, 0) is 41.5 Å². The highest BCUT2D eigenvalue weighted by Crippen LogP contribution is 2.30. The number of nitrogens with one attached hydrogen (secondary N) is 1. The van der Waals surface area contributed by atoms with Gasteiger partial charge in [0.05, 0.1) is 13.2 Å². The molecule has 0 radical (unpaired) electrons. The lowest BCUT2D eigenvalue weighted by Crippen LogP contribution is -2.21. The van der Waals surface area contributed by atoms with Crippen LogP contribution in [0.15, 0.2) is 66.9 Å². The van der Waals surface area contributed by atoms with Crippen molar-refractivity contribution in [1.82, 2.24) is 9.88 Å². The van der Waals surface area contributed by atoms with Gasteiger partial charge in [-0.1, -0.05) is 30.3 Å². The summed E-state index contributed by atoms with van der Waals surface area (Å²) >= 11 is 0. The third-order valence-electron chi connectivity index (χ3n) is 4.27. The average Bonchev–Trinajstić information content (AvgIpc) is 3.00. The van der Waals surface area contributed by atoms with Crippen molar-refractivity contribution in [2.45, 2.75) is 12.6 Å². The number of ether oxygens (including phenoxy) is 1. The average molecular weight is 290 g/mol. The first-order valence-electron chi connectivity index (χ1n) is 7.49. The minimum Gasteiger partial charge on any atom is -0.497 e. The van der Waals surface area contributed by atoms with E-state index in [2.05, 4.69) is 64.6 Å². The molecule has 0 aliphatic carbocycles. The van der Waals surface area contributed by atoms with E-state index < -0.39 is 0 Å². The smallest absolute Gasteiger partial charge is 0.118 e. The zero-order valence-electron chi connectivity index (χ0n) is 12.5. The normalized spacial score (nSPS) is 16.5. The molecule has 2 heterocycles. The van der Waals surface area contributed by atoms with E-state index in [4.69, 9.17) is 4.74 Å². The number of benzene rings is 2. The number of para-hydroxylation sites is 1. The van der Waals surface area contributed by atoms with Crippen molar-refractivity contribution < 1.29 is 4.74 Å². The topological polar surface area (TPSA) is 26.2 Å². The van der Waals surface area contributed by atoms with Gasteiger partial charge >= 0.3 is 0 Å². The van der Waals surface area contributed by atoms with Gasteiger partial charge in [0.1, 0.15) is 5.75 Å². The Morgan fingerprint density at radius 3 is 2.64 bits per heavy atom. The van der Waals surface area contributed by atoms with Gasteiger partial charge < -0.3 is 14.6 Å². The first kappa shape index (κ1) is 13.2. The number of nitrogens with zero attached hydrogens (tertiary/aromatic N) is 1. The predicted octanol–water partition coefficient (Wildman–Crippen LogP) is 3.68. The molecule has 22 heavy (non-hydrogen) atoms. The standard InChI is InChI=1S/C19H18N2O/c1-22-16-10-8-14(9-11-16)19-18-7-4-12-21(18)17-6-3-2-5-15(17)13-20-19/h2-12,19-20H,13H2,1H3/t19-/m0/s1. The van der Waals surface area contributed by atoms with Gasteiger partial charge in [-0.25, -0.2) is 0 Å². The van der Waals surface area contributed by atoms with Gasteiger partial charge in [0.2, 0.25) is 0 Å². The lowest BCUT2D eigenvalue weighted by atomic mass is 10.0. The minimum atomic E-state index is 0.174. The van der Waals surface area contributed by atoms with E-state index in [9.17, 15) is 0 Å². The summed E-state index contributed by atoms with van der Waals surface area (Å²) < 4.78 is 7.54. The molecule has 1 aromatic heterocycles. The van der Waals surface area contributed by atoms with Crippen molar-refractivity contribution in [2.75, 3.05) is 7.11 Å². The van der Waals surface area contributed by atoms with E-state index in [0.29, 0.717) is 0 Å². The summed E-state index contributed by atoms with van der Waals surface area (Å²) in [5.74, 6) is 0.885. The molecule has 1 N–H and O–H groups in total. The number of fused-ring (bicyclic) bond motifs is 3. The van der Waals surface area contributed by atoms with E-state index in [1.165, 1.54) is 22.5 Å². The molecule has 110 valence electrons. The Bertz CT molecular complexity index is 789. The molecule has 0 saturated heterocycles. The second-order valence-electron chi connectivity index (χ2n) is 5.52. The molecule has 3 nitrogen and oxygen atoms in total. The van der Waals surface area contributed by atoms with Crippen LogP contribution in [0.5, 0.6) is 5.75 Å². The van der Waals surface area contributed by atoms with Crippen molar-refractivity contribution in [3.63, 3.8) is 0 Å². The molecule has 1 aliphatic rings. The van der Waals surface area contributed by atoms with Gasteiger partial charge in [0, 0.05) is 24.1 Å². The van der Waals surface area contributed by atoms with E-state index in [1.807, 2.05) is 12.1 Å². The van der Waals surface area contributed by atoms with Crippen molar-refractivity contribution in [1.29, 1.82) is 0 Å². The van der Waals surface area contributed by atoms with Gasteiger partial charge in [0.15, 0.2) is 0 Å². The van der Waals surface area contributed by atoms with E-state index in [-0.39, 0.29) is 6.04 Å². The quantitative estimate of drug-likeness (QED) is 0.779.